The van der Waals surface area contributed by atoms with Gasteiger partial charge in [-0.1, -0.05) is 60.7 Å². The molecule has 0 unspecified atom stereocenters. The van der Waals surface area contributed by atoms with Crippen molar-refractivity contribution in [2.24, 2.45) is 0 Å². The summed E-state index contributed by atoms with van der Waals surface area (Å²) in [7, 11) is 0. The zero-order valence-electron chi connectivity index (χ0n) is 21.1. The molecule has 1 fully saturated rings. The van der Waals surface area contributed by atoms with Gasteiger partial charge < -0.3 is 10.2 Å². The molecule has 0 saturated carbocycles. The van der Waals surface area contributed by atoms with Crippen LogP contribution in [0.25, 0.3) is 22.2 Å². The van der Waals surface area contributed by atoms with Gasteiger partial charge in [-0.3, -0.25) is 14.5 Å². The van der Waals surface area contributed by atoms with Crippen LogP contribution in [-0.4, -0.2) is 59.3 Å². The Hall–Kier alpha value is -4.24. The van der Waals surface area contributed by atoms with Crippen molar-refractivity contribution in [2.45, 2.75) is 12.6 Å². The molecule has 4 aromatic rings. The maximum absolute atomic E-state index is 13.7. The first kappa shape index (κ1) is 26.4. The predicted molar refractivity (Wildman–Crippen MR) is 144 cm³/mol. The molecule has 0 radical (unpaired) electrons. The van der Waals surface area contributed by atoms with Crippen LogP contribution in [0.1, 0.15) is 22.3 Å². The summed E-state index contributed by atoms with van der Waals surface area (Å²) in [4.78, 5) is 34.8. The smallest absolute Gasteiger partial charge is 0.337 e. The summed E-state index contributed by atoms with van der Waals surface area (Å²) in [6.07, 6.45) is -3.93. The molecule has 0 aliphatic carbocycles. The number of amides is 2. The number of nitrogens with zero attached hydrogens (tertiary/aromatic N) is 3. The van der Waals surface area contributed by atoms with Crippen LogP contribution in [0, 0.1) is 0 Å². The van der Waals surface area contributed by atoms with Crippen molar-refractivity contribution in [3.05, 3.63) is 96.1 Å². The monoisotopic (exact) mass is 532 g/mol. The molecule has 0 spiro atoms. The first-order valence-corrected chi connectivity index (χ1v) is 12.7. The summed E-state index contributed by atoms with van der Waals surface area (Å²) in [5.74, 6) is -0.643. The number of carbonyl (C=O) groups is 2. The van der Waals surface area contributed by atoms with E-state index in [1.807, 2.05) is 65.6 Å². The Morgan fingerprint density at radius 3 is 2.36 bits per heavy atom. The van der Waals surface area contributed by atoms with Gasteiger partial charge in [-0.15, -0.1) is 0 Å². The minimum absolute atomic E-state index is 0.0649. The Labute approximate surface area is 224 Å². The number of hydrogen-bond donors (Lipinski definition) is 1. The summed E-state index contributed by atoms with van der Waals surface area (Å²) in [5.41, 5.74) is 1.78. The molecule has 2 amide bonds. The molecule has 1 aliphatic heterocycles. The fraction of sp³-hybridized carbons (Fsp3) is 0.233. The molecule has 1 aliphatic rings. The molecule has 5 rings (SSSR count). The van der Waals surface area contributed by atoms with Gasteiger partial charge in [0.2, 0.25) is 5.91 Å². The Morgan fingerprint density at radius 1 is 0.846 bits per heavy atom. The first-order valence-electron chi connectivity index (χ1n) is 12.7. The van der Waals surface area contributed by atoms with E-state index < -0.39 is 17.6 Å². The van der Waals surface area contributed by atoms with E-state index in [1.54, 1.807) is 4.90 Å². The number of para-hydroxylation sites is 2. The van der Waals surface area contributed by atoms with Crippen LogP contribution in [0.5, 0.6) is 0 Å². The number of hydrogen-bond acceptors (Lipinski definition) is 4. The van der Waals surface area contributed by atoms with E-state index in [9.17, 15) is 22.8 Å². The topological polar surface area (TPSA) is 65.5 Å². The van der Waals surface area contributed by atoms with Crippen LogP contribution in [0.2, 0.25) is 0 Å². The largest absolute Gasteiger partial charge is 0.418 e. The van der Waals surface area contributed by atoms with Crippen LogP contribution >= 0.6 is 0 Å². The van der Waals surface area contributed by atoms with Gasteiger partial charge >= 0.3 is 6.18 Å². The molecule has 3 aromatic carbocycles. The number of alkyl halides is 3. The van der Waals surface area contributed by atoms with E-state index in [2.05, 4.69) is 5.32 Å². The average molecular weight is 533 g/mol. The van der Waals surface area contributed by atoms with Crippen molar-refractivity contribution < 1.29 is 22.8 Å². The Bertz CT molecular complexity index is 1490. The minimum Gasteiger partial charge on any atom is -0.337 e. The zero-order valence-corrected chi connectivity index (χ0v) is 21.1. The number of halogens is 3. The molecule has 1 N–H and O–H groups in total. The number of benzene rings is 3. The van der Waals surface area contributed by atoms with E-state index in [-0.39, 0.29) is 18.1 Å². The highest BCUT2D eigenvalue weighted by Gasteiger charge is 2.33. The SMILES string of the molecule is O=C(CN1CCCN(C(=O)c2cc(-c3ccccc3)nc3ccccc23)CC1)Nc1ccccc1C(F)(F)F. The van der Waals surface area contributed by atoms with Gasteiger partial charge in [-0.2, -0.15) is 13.2 Å². The Balaban J connectivity index is 1.29. The predicted octanol–water partition coefficient (Wildman–Crippen LogP) is 5.71. The van der Waals surface area contributed by atoms with Gasteiger partial charge in [-0.05, 0) is 30.7 Å². The van der Waals surface area contributed by atoms with Crippen molar-refractivity contribution in [1.29, 1.82) is 0 Å². The van der Waals surface area contributed by atoms with E-state index in [1.165, 1.54) is 18.2 Å². The number of pyridine rings is 1. The molecule has 1 aromatic heterocycles. The molecular formula is C30H27F3N4O2. The van der Waals surface area contributed by atoms with Crippen molar-refractivity contribution in [2.75, 3.05) is 38.0 Å². The standard InChI is InChI=1S/C30H27F3N4O2/c31-30(32,33)24-12-5-7-14-26(24)35-28(38)20-36-15-8-16-37(18-17-36)29(39)23-19-27(21-9-2-1-3-10-21)34-25-13-6-4-11-22(23)25/h1-7,9-14,19H,8,15-18,20H2,(H,35,38). The normalized spacial score (nSPS) is 14.7. The number of carbonyl (C=O) groups excluding carboxylic acids is 2. The van der Waals surface area contributed by atoms with E-state index in [4.69, 9.17) is 4.98 Å². The van der Waals surface area contributed by atoms with E-state index in [0.717, 1.165) is 22.5 Å². The lowest BCUT2D eigenvalue weighted by atomic mass is 10.0. The number of fused-ring (bicyclic) bond motifs is 1. The summed E-state index contributed by atoms with van der Waals surface area (Å²) in [6.45, 7) is 1.80. The molecule has 39 heavy (non-hydrogen) atoms. The molecule has 0 bridgehead atoms. The molecular weight excluding hydrogens is 505 g/mol. The highest BCUT2D eigenvalue weighted by atomic mass is 19.4. The van der Waals surface area contributed by atoms with Gasteiger partial charge in [0.05, 0.1) is 34.6 Å². The van der Waals surface area contributed by atoms with Crippen molar-refractivity contribution in [1.82, 2.24) is 14.8 Å². The van der Waals surface area contributed by atoms with Gasteiger partial charge in [-0.25, -0.2) is 4.98 Å². The molecule has 1 saturated heterocycles. The first-order chi connectivity index (χ1) is 18.8. The summed E-state index contributed by atoms with van der Waals surface area (Å²) in [6, 6.07) is 24.0. The second-order valence-electron chi connectivity index (χ2n) is 9.45. The maximum atomic E-state index is 13.7. The van der Waals surface area contributed by atoms with Gasteiger partial charge in [0, 0.05) is 37.1 Å². The number of rotatable bonds is 5. The van der Waals surface area contributed by atoms with Crippen molar-refractivity contribution in [3.8, 4) is 11.3 Å². The van der Waals surface area contributed by atoms with Crippen LogP contribution in [0.15, 0.2) is 84.9 Å². The van der Waals surface area contributed by atoms with Crippen LogP contribution in [0.3, 0.4) is 0 Å². The van der Waals surface area contributed by atoms with Crippen LogP contribution in [-0.2, 0) is 11.0 Å². The summed E-state index contributed by atoms with van der Waals surface area (Å²) >= 11 is 0. The second-order valence-corrected chi connectivity index (χ2v) is 9.45. The highest BCUT2D eigenvalue weighted by Crippen LogP contribution is 2.34. The lowest BCUT2D eigenvalue weighted by Gasteiger charge is -2.23. The van der Waals surface area contributed by atoms with Crippen LogP contribution in [0.4, 0.5) is 18.9 Å². The molecule has 6 nitrogen and oxygen atoms in total. The molecule has 2 heterocycles. The fourth-order valence-corrected chi connectivity index (χ4v) is 4.84. The van der Waals surface area contributed by atoms with Gasteiger partial charge in [0.25, 0.3) is 5.91 Å². The number of aromatic nitrogens is 1. The average Bonchev–Trinajstić information content (AvgIpc) is 3.17. The lowest BCUT2D eigenvalue weighted by Crippen LogP contribution is -2.38. The third-order valence-corrected chi connectivity index (χ3v) is 6.77. The van der Waals surface area contributed by atoms with E-state index in [0.29, 0.717) is 43.9 Å². The minimum atomic E-state index is -4.56. The van der Waals surface area contributed by atoms with Crippen molar-refractivity contribution >= 4 is 28.4 Å². The zero-order chi connectivity index (χ0) is 27.4. The Kier molecular flexibility index (Phi) is 7.60. The Morgan fingerprint density at radius 2 is 1.56 bits per heavy atom. The van der Waals surface area contributed by atoms with Crippen molar-refractivity contribution in [3.63, 3.8) is 0 Å². The third-order valence-electron chi connectivity index (χ3n) is 6.77. The maximum Gasteiger partial charge on any atom is 0.418 e. The quantitative estimate of drug-likeness (QED) is 0.358. The third kappa shape index (κ3) is 6.09. The van der Waals surface area contributed by atoms with Gasteiger partial charge in [0.1, 0.15) is 0 Å². The molecule has 200 valence electrons. The van der Waals surface area contributed by atoms with Gasteiger partial charge in [0.15, 0.2) is 0 Å². The number of anilines is 1. The molecule has 0 atom stereocenters. The molecule has 9 heteroatoms. The number of nitrogens with one attached hydrogen (secondary N) is 1. The van der Waals surface area contributed by atoms with E-state index >= 15 is 0 Å². The summed E-state index contributed by atoms with van der Waals surface area (Å²) < 4.78 is 39.9. The summed E-state index contributed by atoms with van der Waals surface area (Å²) in [5, 5.41) is 3.17. The fourth-order valence-electron chi connectivity index (χ4n) is 4.84. The van der Waals surface area contributed by atoms with Crippen LogP contribution < -0.4 is 5.32 Å². The highest BCUT2D eigenvalue weighted by molar-refractivity contribution is 6.07. The second kappa shape index (κ2) is 11.2. The lowest BCUT2D eigenvalue weighted by molar-refractivity contribution is -0.137.